The molecule has 0 saturated carbocycles. The SMILES string of the molecule is C#CC(C)(C)Nc1cc(Br)ccc1C(F)(F)F. The van der Waals surface area contributed by atoms with Crippen LogP contribution in [-0.2, 0) is 6.18 Å². The number of alkyl halides is 3. The van der Waals surface area contributed by atoms with Crippen molar-refractivity contribution in [2.24, 2.45) is 0 Å². The van der Waals surface area contributed by atoms with Crippen LogP contribution in [0.15, 0.2) is 22.7 Å². The number of benzene rings is 1. The van der Waals surface area contributed by atoms with Crippen molar-refractivity contribution in [3.05, 3.63) is 28.2 Å². The Morgan fingerprint density at radius 2 is 1.88 bits per heavy atom. The van der Waals surface area contributed by atoms with E-state index in [4.69, 9.17) is 6.42 Å². The predicted octanol–water partition coefficient (Wildman–Crippen LogP) is 4.29. The third-order valence-electron chi connectivity index (χ3n) is 2.10. The predicted molar refractivity (Wildman–Crippen MR) is 65.7 cm³/mol. The number of terminal acetylenes is 1. The van der Waals surface area contributed by atoms with Gasteiger partial charge in [0.15, 0.2) is 0 Å². The van der Waals surface area contributed by atoms with Crippen molar-refractivity contribution in [3.8, 4) is 12.3 Å². The molecular weight excluding hydrogens is 295 g/mol. The summed E-state index contributed by atoms with van der Waals surface area (Å²) in [6, 6.07) is 3.72. The minimum atomic E-state index is -4.41. The van der Waals surface area contributed by atoms with Crippen molar-refractivity contribution in [2.75, 3.05) is 5.32 Å². The molecule has 0 spiro atoms. The van der Waals surface area contributed by atoms with Gasteiger partial charge in [0, 0.05) is 10.2 Å². The summed E-state index contributed by atoms with van der Waals surface area (Å²) in [6.45, 7) is 3.27. The highest BCUT2D eigenvalue weighted by molar-refractivity contribution is 9.10. The summed E-state index contributed by atoms with van der Waals surface area (Å²) in [5.74, 6) is 2.39. The van der Waals surface area contributed by atoms with Gasteiger partial charge in [-0.05, 0) is 32.0 Å². The summed E-state index contributed by atoms with van der Waals surface area (Å²) in [5.41, 5.74) is -1.61. The summed E-state index contributed by atoms with van der Waals surface area (Å²) in [4.78, 5) is 0. The summed E-state index contributed by atoms with van der Waals surface area (Å²) in [6.07, 6.45) is 0.837. The zero-order chi connectivity index (χ0) is 13.3. The number of anilines is 1. The van der Waals surface area contributed by atoms with Gasteiger partial charge in [-0.25, -0.2) is 0 Å². The van der Waals surface area contributed by atoms with Gasteiger partial charge in [-0.15, -0.1) is 6.42 Å². The minimum absolute atomic E-state index is 0.0326. The molecule has 0 heterocycles. The second kappa shape index (κ2) is 4.61. The lowest BCUT2D eigenvalue weighted by molar-refractivity contribution is -0.137. The summed E-state index contributed by atoms with van der Waals surface area (Å²) in [5, 5.41) is 2.70. The summed E-state index contributed by atoms with van der Waals surface area (Å²) < 4.78 is 38.8. The Labute approximate surface area is 107 Å². The average Bonchev–Trinajstić information content (AvgIpc) is 2.15. The highest BCUT2D eigenvalue weighted by Crippen LogP contribution is 2.37. The highest BCUT2D eigenvalue weighted by Gasteiger charge is 2.34. The van der Waals surface area contributed by atoms with Crippen LogP contribution in [0, 0.1) is 12.3 Å². The molecule has 0 fully saturated rings. The topological polar surface area (TPSA) is 12.0 Å². The molecule has 17 heavy (non-hydrogen) atoms. The summed E-state index contributed by atoms with van der Waals surface area (Å²) in [7, 11) is 0. The molecule has 1 nitrogen and oxygen atoms in total. The molecule has 0 aromatic heterocycles. The Hall–Kier alpha value is -1.15. The second-order valence-corrected chi connectivity index (χ2v) is 5.00. The van der Waals surface area contributed by atoms with Crippen LogP contribution < -0.4 is 5.32 Å². The van der Waals surface area contributed by atoms with Crippen LogP contribution in [0.4, 0.5) is 18.9 Å². The Morgan fingerprint density at radius 1 is 1.29 bits per heavy atom. The van der Waals surface area contributed by atoms with Gasteiger partial charge in [0.05, 0.1) is 11.1 Å². The molecule has 0 bridgehead atoms. The van der Waals surface area contributed by atoms with Crippen LogP contribution in [0.5, 0.6) is 0 Å². The van der Waals surface area contributed by atoms with Gasteiger partial charge in [-0.3, -0.25) is 0 Å². The maximum atomic E-state index is 12.8. The number of hydrogen-bond acceptors (Lipinski definition) is 1. The molecule has 0 atom stereocenters. The van der Waals surface area contributed by atoms with Gasteiger partial charge in [0.1, 0.15) is 0 Å². The molecule has 1 rings (SSSR count). The fraction of sp³-hybridized carbons (Fsp3) is 0.333. The van der Waals surface area contributed by atoms with E-state index in [0.29, 0.717) is 4.47 Å². The zero-order valence-corrected chi connectivity index (χ0v) is 10.9. The van der Waals surface area contributed by atoms with Crippen LogP contribution in [0.3, 0.4) is 0 Å². The van der Waals surface area contributed by atoms with Gasteiger partial charge in [-0.2, -0.15) is 13.2 Å². The van der Waals surface area contributed by atoms with Crippen molar-refractivity contribution in [1.29, 1.82) is 0 Å². The van der Waals surface area contributed by atoms with E-state index in [-0.39, 0.29) is 5.69 Å². The molecule has 1 N–H and O–H groups in total. The van der Waals surface area contributed by atoms with E-state index in [1.54, 1.807) is 13.8 Å². The first kappa shape index (κ1) is 13.9. The Bertz CT molecular complexity index is 458. The lowest BCUT2D eigenvalue weighted by Gasteiger charge is -2.24. The zero-order valence-electron chi connectivity index (χ0n) is 9.32. The number of halogens is 4. The van der Waals surface area contributed by atoms with Crippen molar-refractivity contribution >= 4 is 21.6 Å². The fourth-order valence-electron chi connectivity index (χ4n) is 1.24. The normalized spacial score (nSPS) is 12.1. The Balaban J connectivity index is 3.23. The number of hydrogen-bond donors (Lipinski definition) is 1. The monoisotopic (exact) mass is 305 g/mol. The van der Waals surface area contributed by atoms with Crippen LogP contribution in [-0.4, -0.2) is 5.54 Å². The number of nitrogens with one attached hydrogen (secondary N) is 1. The van der Waals surface area contributed by atoms with E-state index >= 15 is 0 Å². The molecule has 0 aliphatic heterocycles. The molecule has 0 aliphatic rings. The van der Waals surface area contributed by atoms with E-state index in [1.807, 2.05) is 0 Å². The van der Waals surface area contributed by atoms with E-state index in [9.17, 15) is 13.2 Å². The quantitative estimate of drug-likeness (QED) is 0.804. The Kier molecular flexibility index (Phi) is 3.78. The summed E-state index contributed by atoms with van der Waals surface area (Å²) >= 11 is 3.13. The van der Waals surface area contributed by atoms with Crippen molar-refractivity contribution in [1.82, 2.24) is 0 Å². The molecule has 0 radical (unpaired) electrons. The number of rotatable bonds is 2. The molecule has 0 aliphatic carbocycles. The fourth-order valence-corrected chi connectivity index (χ4v) is 1.60. The molecule has 1 aromatic carbocycles. The molecular formula is C12H11BrF3N. The van der Waals surface area contributed by atoms with Crippen LogP contribution in [0.25, 0.3) is 0 Å². The molecule has 5 heteroatoms. The minimum Gasteiger partial charge on any atom is -0.369 e. The molecule has 0 saturated heterocycles. The van der Waals surface area contributed by atoms with Crippen molar-refractivity contribution in [3.63, 3.8) is 0 Å². The van der Waals surface area contributed by atoms with Crippen molar-refractivity contribution < 1.29 is 13.2 Å². The first-order chi connectivity index (χ1) is 7.65. The van der Waals surface area contributed by atoms with Crippen LogP contribution >= 0.6 is 15.9 Å². The van der Waals surface area contributed by atoms with Gasteiger partial charge in [-0.1, -0.05) is 21.9 Å². The van der Waals surface area contributed by atoms with E-state index in [2.05, 4.69) is 27.2 Å². The van der Waals surface area contributed by atoms with Crippen molar-refractivity contribution in [2.45, 2.75) is 25.6 Å². The van der Waals surface area contributed by atoms with Gasteiger partial charge >= 0.3 is 6.18 Å². The third kappa shape index (κ3) is 3.67. The second-order valence-electron chi connectivity index (χ2n) is 4.08. The maximum Gasteiger partial charge on any atom is 0.418 e. The lowest BCUT2D eigenvalue weighted by atomic mass is 10.0. The molecule has 1 aromatic rings. The van der Waals surface area contributed by atoms with Crippen LogP contribution in [0.1, 0.15) is 19.4 Å². The van der Waals surface area contributed by atoms with E-state index < -0.39 is 17.3 Å². The molecule has 0 unspecified atom stereocenters. The van der Waals surface area contributed by atoms with E-state index in [1.165, 1.54) is 12.1 Å². The maximum absolute atomic E-state index is 12.8. The first-order valence-electron chi connectivity index (χ1n) is 4.78. The van der Waals surface area contributed by atoms with Gasteiger partial charge in [0.25, 0.3) is 0 Å². The standard InChI is InChI=1S/C12H11BrF3N/c1-4-11(2,3)17-10-7-8(13)5-6-9(10)12(14,15)16/h1,5-7,17H,2-3H3. The average molecular weight is 306 g/mol. The molecule has 0 amide bonds. The largest absolute Gasteiger partial charge is 0.418 e. The smallest absolute Gasteiger partial charge is 0.369 e. The third-order valence-corrected chi connectivity index (χ3v) is 2.59. The van der Waals surface area contributed by atoms with Gasteiger partial charge < -0.3 is 5.32 Å². The van der Waals surface area contributed by atoms with E-state index in [0.717, 1.165) is 6.07 Å². The lowest BCUT2D eigenvalue weighted by Crippen LogP contribution is -2.29. The first-order valence-corrected chi connectivity index (χ1v) is 5.58. The highest BCUT2D eigenvalue weighted by atomic mass is 79.9. The Morgan fingerprint density at radius 3 is 2.35 bits per heavy atom. The van der Waals surface area contributed by atoms with Gasteiger partial charge in [0.2, 0.25) is 0 Å². The van der Waals surface area contributed by atoms with Crippen LogP contribution in [0.2, 0.25) is 0 Å². The molecule has 92 valence electrons.